The van der Waals surface area contributed by atoms with Gasteiger partial charge in [0.15, 0.2) is 0 Å². The summed E-state index contributed by atoms with van der Waals surface area (Å²) in [6.07, 6.45) is 0.694. The molecule has 4 heteroatoms. The van der Waals surface area contributed by atoms with Gasteiger partial charge < -0.3 is 10.2 Å². The minimum Gasteiger partial charge on any atom is -0.369 e. The van der Waals surface area contributed by atoms with Crippen molar-refractivity contribution in [1.82, 2.24) is 0 Å². The molecule has 8 heavy (non-hydrogen) atoms. The molecule has 0 saturated heterocycles. The SMILES string of the molecule is CCC(S)C(O)(O)[SiH3]. The molecule has 0 aliphatic carbocycles. The maximum absolute atomic E-state index is 8.83. The Balaban J connectivity index is 3.62. The third kappa shape index (κ3) is 2.71. The summed E-state index contributed by atoms with van der Waals surface area (Å²) in [5.74, 6) is 0. The van der Waals surface area contributed by atoms with E-state index in [4.69, 9.17) is 10.2 Å². The Morgan fingerprint density at radius 1 is 1.75 bits per heavy atom. The van der Waals surface area contributed by atoms with Crippen LogP contribution in [0.2, 0.25) is 0 Å². The maximum Gasteiger partial charge on any atom is 0.146 e. The zero-order valence-corrected chi connectivity index (χ0v) is 8.02. The average molecular weight is 152 g/mol. The molecule has 0 rings (SSSR count). The van der Waals surface area contributed by atoms with Crippen molar-refractivity contribution in [2.24, 2.45) is 0 Å². The molecule has 0 aromatic rings. The number of aliphatic hydroxyl groups is 2. The molecule has 0 bridgehead atoms. The van der Waals surface area contributed by atoms with Crippen LogP contribution in [0, 0.1) is 0 Å². The molecule has 50 valence electrons. The molecule has 0 heterocycles. The maximum atomic E-state index is 8.83. The summed E-state index contributed by atoms with van der Waals surface area (Å²) >= 11 is 3.95. The van der Waals surface area contributed by atoms with Gasteiger partial charge in [0.05, 0.1) is 10.2 Å². The largest absolute Gasteiger partial charge is 0.369 e. The Hall–Kier alpha value is 0.487. The molecule has 0 aliphatic heterocycles. The first-order chi connectivity index (χ1) is 3.48. The van der Waals surface area contributed by atoms with Crippen LogP contribution < -0.4 is 0 Å². The van der Waals surface area contributed by atoms with Gasteiger partial charge in [-0.05, 0) is 6.42 Å². The summed E-state index contributed by atoms with van der Waals surface area (Å²) in [5, 5.41) is 17.4. The second-order valence-electron chi connectivity index (χ2n) is 2.02. The van der Waals surface area contributed by atoms with Crippen molar-refractivity contribution in [3.63, 3.8) is 0 Å². The highest BCUT2D eigenvalue weighted by molar-refractivity contribution is 7.81. The van der Waals surface area contributed by atoms with E-state index in [-0.39, 0.29) is 5.25 Å². The van der Waals surface area contributed by atoms with Gasteiger partial charge >= 0.3 is 0 Å². The molecular formula is C4H12O2SSi. The van der Waals surface area contributed by atoms with Crippen LogP contribution in [0.5, 0.6) is 0 Å². The second kappa shape index (κ2) is 2.86. The van der Waals surface area contributed by atoms with E-state index in [0.29, 0.717) is 16.7 Å². The Bertz CT molecular complexity index is 70.9. The van der Waals surface area contributed by atoms with Crippen LogP contribution in [0.4, 0.5) is 0 Å². The molecule has 2 nitrogen and oxygen atoms in total. The zero-order valence-electron chi connectivity index (χ0n) is 5.13. The van der Waals surface area contributed by atoms with Crippen LogP contribution in [-0.2, 0) is 0 Å². The Kier molecular flexibility index (Phi) is 3.04. The quantitative estimate of drug-likeness (QED) is 0.261. The lowest BCUT2D eigenvalue weighted by Crippen LogP contribution is -2.38. The van der Waals surface area contributed by atoms with Gasteiger partial charge in [-0.3, -0.25) is 0 Å². The Labute approximate surface area is 57.7 Å². The summed E-state index contributed by atoms with van der Waals surface area (Å²) in [6.45, 7) is 1.87. The van der Waals surface area contributed by atoms with Gasteiger partial charge in [-0.1, -0.05) is 6.92 Å². The predicted molar refractivity (Wildman–Crippen MR) is 40.2 cm³/mol. The molecule has 0 aromatic carbocycles. The fourth-order valence-corrected chi connectivity index (χ4v) is 0.795. The average Bonchev–Trinajstić information content (AvgIpc) is 1.62. The van der Waals surface area contributed by atoms with E-state index in [9.17, 15) is 0 Å². The third-order valence-corrected chi connectivity index (χ3v) is 3.06. The molecule has 1 atom stereocenters. The molecule has 0 radical (unpaired) electrons. The fourth-order valence-electron chi connectivity index (χ4n) is 0.387. The monoisotopic (exact) mass is 152 g/mol. The Morgan fingerprint density at radius 2 is 2.12 bits per heavy atom. The van der Waals surface area contributed by atoms with Crippen LogP contribution >= 0.6 is 12.6 Å². The van der Waals surface area contributed by atoms with Gasteiger partial charge in [-0.2, -0.15) is 12.6 Å². The van der Waals surface area contributed by atoms with E-state index in [0.717, 1.165) is 0 Å². The van der Waals surface area contributed by atoms with Crippen LogP contribution in [0.3, 0.4) is 0 Å². The zero-order chi connectivity index (χ0) is 6.78. The first-order valence-corrected chi connectivity index (χ1v) is 4.13. The van der Waals surface area contributed by atoms with Gasteiger partial charge in [0, 0.05) is 5.25 Å². The molecule has 0 saturated carbocycles. The minimum atomic E-state index is -1.49. The van der Waals surface area contributed by atoms with Gasteiger partial charge in [0.25, 0.3) is 0 Å². The molecule has 0 spiro atoms. The molecule has 0 aliphatic rings. The van der Waals surface area contributed by atoms with E-state index >= 15 is 0 Å². The lowest BCUT2D eigenvalue weighted by Gasteiger charge is -2.21. The van der Waals surface area contributed by atoms with Crippen LogP contribution in [-0.4, -0.2) is 31.1 Å². The summed E-state index contributed by atoms with van der Waals surface area (Å²) in [6, 6.07) is 0. The molecule has 2 N–H and O–H groups in total. The van der Waals surface area contributed by atoms with E-state index < -0.39 is 5.41 Å². The van der Waals surface area contributed by atoms with Crippen molar-refractivity contribution in [2.45, 2.75) is 24.0 Å². The van der Waals surface area contributed by atoms with Crippen LogP contribution in [0.25, 0.3) is 0 Å². The minimum absolute atomic E-state index is 0.283. The first-order valence-electron chi connectivity index (χ1n) is 2.61. The smallest absolute Gasteiger partial charge is 0.146 e. The number of hydrogen-bond donors (Lipinski definition) is 3. The predicted octanol–water partition coefficient (Wildman–Crippen LogP) is -1.30. The lowest BCUT2D eigenvalue weighted by atomic mass is 10.3. The van der Waals surface area contributed by atoms with Crippen molar-refractivity contribution in [3.8, 4) is 0 Å². The van der Waals surface area contributed by atoms with Crippen LogP contribution in [0.15, 0.2) is 0 Å². The highest BCUT2D eigenvalue weighted by atomic mass is 32.1. The van der Waals surface area contributed by atoms with Gasteiger partial charge in [-0.25, -0.2) is 0 Å². The summed E-state index contributed by atoms with van der Waals surface area (Å²) in [7, 11) is 0.356. The second-order valence-corrected chi connectivity index (χ2v) is 4.11. The highest BCUT2D eigenvalue weighted by Gasteiger charge is 2.22. The molecular weight excluding hydrogens is 140 g/mol. The summed E-state index contributed by atoms with van der Waals surface area (Å²) in [4.78, 5) is 0. The van der Waals surface area contributed by atoms with Crippen LogP contribution in [0.1, 0.15) is 13.3 Å². The highest BCUT2D eigenvalue weighted by Crippen LogP contribution is 2.11. The van der Waals surface area contributed by atoms with Crippen molar-refractivity contribution >= 4 is 22.9 Å². The summed E-state index contributed by atoms with van der Waals surface area (Å²) in [5.41, 5.74) is -1.49. The van der Waals surface area contributed by atoms with Gasteiger partial charge in [-0.15, -0.1) is 0 Å². The summed E-state index contributed by atoms with van der Waals surface area (Å²) < 4.78 is 0. The third-order valence-electron chi connectivity index (χ3n) is 1.02. The van der Waals surface area contributed by atoms with Crippen molar-refractivity contribution in [2.75, 3.05) is 0 Å². The molecule has 1 unspecified atom stereocenters. The number of rotatable bonds is 2. The Morgan fingerprint density at radius 3 is 2.12 bits per heavy atom. The van der Waals surface area contributed by atoms with Crippen molar-refractivity contribution in [3.05, 3.63) is 0 Å². The molecule has 0 amide bonds. The van der Waals surface area contributed by atoms with E-state index in [1.807, 2.05) is 6.92 Å². The topological polar surface area (TPSA) is 40.5 Å². The number of thiol groups is 1. The fraction of sp³-hybridized carbons (Fsp3) is 1.00. The number of hydrogen-bond acceptors (Lipinski definition) is 3. The van der Waals surface area contributed by atoms with E-state index in [1.165, 1.54) is 0 Å². The van der Waals surface area contributed by atoms with Crippen molar-refractivity contribution in [1.29, 1.82) is 0 Å². The molecule has 0 fully saturated rings. The van der Waals surface area contributed by atoms with Crippen molar-refractivity contribution < 1.29 is 10.2 Å². The first kappa shape index (κ1) is 8.49. The van der Waals surface area contributed by atoms with Gasteiger partial charge in [0.2, 0.25) is 0 Å². The molecule has 0 aromatic heterocycles. The lowest BCUT2D eigenvalue weighted by molar-refractivity contribution is -0.0848. The van der Waals surface area contributed by atoms with E-state index in [1.54, 1.807) is 0 Å². The van der Waals surface area contributed by atoms with Gasteiger partial charge in [0.1, 0.15) is 5.41 Å². The normalized spacial score (nSPS) is 16.5. The van der Waals surface area contributed by atoms with E-state index in [2.05, 4.69) is 12.6 Å². The standard InChI is InChI=1S/C4H12O2SSi/c1-2-3(7)4(5,6)8/h3,5-7H,2H2,1,8H3.